The number of nitrogens with zero attached hydrogens (tertiary/aromatic N) is 2. The average molecular weight is 456 g/mol. The maximum atomic E-state index is 11.5. The van der Waals surface area contributed by atoms with E-state index in [1.807, 2.05) is 46.7 Å². The van der Waals surface area contributed by atoms with Gasteiger partial charge >= 0.3 is 0 Å². The zero-order valence-corrected chi connectivity index (χ0v) is 17.2. The molecule has 0 aliphatic carbocycles. The first kappa shape index (κ1) is 19.2. The first-order chi connectivity index (χ1) is 12.3. The van der Waals surface area contributed by atoms with Crippen molar-refractivity contribution in [2.75, 3.05) is 16.9 Å². The summed E-state index contributed by atoms with van der Waals surface area (Å²) < 4.78 is 29.8. The molecule has 1 aromatic heterocycles. The Labute approximate surface area is 165 Å². The summed E-state index contributed by atoms with van der Waals surface area (Å²) in [5.74, 6) is 1.81. The average Bonchev–Trinajstić information content (AvgIpc) is 2.94. The Kier molecular flexibility index (Phi) is 5.91. The van der Waals surface area contributed by atoms with Crippen molar-refractivity contribution in [3.63, 3.8) is 0 Å². The van der Waals surface area contributed by atoms with E-state index in [1.54, 1.807) is 6.20 Å². The minimum atomic E-state index is -3.08. The van der Waals surface area contributed by atoms with Gasteiger partial charge in [0.05, 0.1) is 5.75 Å². The van der Waals surface area contributed by atoms with Gasteiger partial charge in [0.2, 0.25) is 0 Å². The van der Waals surface area contributed by atoms with Crippen molar-refractivity contribution in [2.45, 2.75) is 11.9 Å². The summed E-state index contributed by atoms with van der Waals surface area (Å²) >= 11 is 4.83. The molecule has 26 heavy (non-hydrogen) atoms. The molecule has 0 saturated carbocycles. The second kappa shape index (κ2) is 7.99. The molecule has 9 heteroatoms. The topological polar surface area (TPSA) is 85.5 Å². The highest BCUT2D eigenvalue weighted by molar-refractivity contribution is 9.10. The van der Waals surface area contributed by atoms with Crippen LogP contribution in [0.25, 0.3) is 0 Å². The van der Waals surface area contributed by atoms with Crippen molar-refractivity contribution in [1.29, 1.82) is 0 Å². The van der Waals surface area contributed by atoms with E-state index in [2.05, 4.69) is 20.9 Å². The summed E-state index contributed by atoms with van der Waals surface area (Å²) in [5, 5.41) is 1.88. The zero-order chi connectivity index (χ0) is 18.7. The van der Waals surface area contributed by atoms with Crippen LogP contribution in [0.5, 0.6) is 11.5 Å². The summed E-state index contributed by atoms with van der Waals surface area (Å²) in [7, 11) is -3.08. The minimum Gasteiger partial charge on any atom is -0.453 e. The van der Waals surface area contributed by atoms with Gasteiger partial charge in [0.25, 0.3) is 0 Å². The number of halogens is 1. The normalized spacial score (nSPS) is 17.3. The molecule has 3 rings (SSSR count). The van der Waals surface area contributed by atoms with Crippen LogP contribution in [-0.2, 0) is 9.84 Å². The molecule has 2 heterocycles. The van der Waals surface area contributed by atoms with E-state index in [4.69, 9.17) is 10.5 Å². The third-order valence-corrected chi connectivity index (χ3v) is 5.91. The van der Waals surface area contributed by atoms with Crippen LogP contribution in [0.1, 0.15) is 6.42 Å². The number of hydrogen-bond acceptors (Lipinski definition) is 7. The number of sulfone groups is 1. The fourth-order valence-electron chi connectivity index (χ4n) is 2.44. The third kappa shape index (κ3) is 4.79. The summed E-state index contributed by atoms with van der Waals surface area (Å²) in [5.41, 5.74) is 6.64. The number of hydrogen-bond donors (Lipinski definition) is 1. The number of rotatable bonds is 6. The Balaban J connectivity index is 1.92. The fraction of sp³-hybridized carbons (Fsp3) is 0.235. The standard InChI is InChI=1S/C17H18BrN3O3S2/c1-26(22,23)8-7-13-11-25-17(19)21(13)16-15(9-12(18)10-20-16)24-14-5-3-2-4-6-14/h2-6,9-11,17H,7-8,19H2,1H3. The van der Waals surface area contributed by atoms with E-state index in [9.17, 15) is 8.42 Å². The van der Waals surface area contributed by atoms with Gasteiger partial charge in [-0.2, -0.15) is 0 Å². The summed E-state index contributed by atoms with van der Waals surface area (Å²) in [6.45, 7) is 0. The van der Waals surface area contributed by atoms with Crippen molar-refractivity contribution < 1.29 is 13.2 Å². The van der Waals surface area contributed by atoms with Crippen LogP contribution in [0.3, 0.4) is 0 Å². The molecule has 6 nitrogen and oxygen atoms in total. The van der Waals surface area contributed by atoms with Crippen LogP contribution >= 0.6 is 27.7 Å². The van der Waals surface area contributed by atoms with Crippen LogP contribution in [0.15, 0.2) is 58.2 Å². The van der Waals surface area contributed by atoms with Gasteiger partial charge < -0.3 is 15.4 Å². The Bertz CT molecular complexity index is 920. The molecule has 1 aliphatic rings. The molecule has 0 spiro atoms. The first-order valence-corrected chi connectivity index (χ1v) is 11.6. The summed E-state index contributed by atoms with van der Waals surface area (Å²) in [4.78, 5) is 6.29. The lowest BCUT2D eigenvalue weighted by atomic mass is 10.3. The number of nitrogens with two attached hydrogens (primary N) is 1. The minimum absolute atomic E-state index is 0.0496. The third-order valence-electron chi connectivity index (χ3n) is 3.64. The van der Waals surface area contributed by atoms with Gasteiger partial charge in [0.15, 0.2) is 11.6 Å². The Morgan fingerprint density at radius 1 is 1.35 bits per heavy atom. The van der Waals surface area contributed by atoms with Gasteiger partial charge in [-0.15, -0.1) is 0 Å². The number of benzene rings is 1. The fourth-order valence-corrected chi connectivity index (χ4v) is 4.22. The predicted molar refractivity (Wildman–Crippen MR) is 109 cm³/mol. The molecule has 1 atom stereocenters. The number of aromatic nitrogens is 1. The maximum Gasteiger partial charge on any atom is 0.178 e. The maximum absolute atomic E-state index is 11.5. The van der Waals surface area contributed by atoms with Crippen LogP contribution < -0.4 is 15.4 Å². The zero-order valence-electron chi connectivity index (χ0n) is 14.0. The summed E-state index contributed by atoms with van der Waals surface area (Å²) in [6, 6.07) is 11.2. The predicted octanol–water partition coefficient (Wildman–Crippen LogP) is 3.71. The van der Waals surface area contributed by atoms with Crippen LogP contribution in [-0.4, -0.2) is 30.9 Å². The van der Waals surface area contributed by atoms with E-state index >= 15 is 0 Å². The smallest absolute Gasteiger partial charge is 0.178 e. The second-order valence-electron chi connectivity index (χ2n) is 5.78. The molecule has 138 valence electrons. The molecule has 0 radical (unpaired) electrons. The largest absolute Gasteiger partial charge is 0.453 e. The molecule has 0 saturated heterocycles. The molecule has 2 aromatic rings. The lowest BCUT2D eigenvalue weighted by Crippen LogP contribution is -2.36. The van der Waals surface area contributed by atoms with Crippen molar-refractivity contribution in [2.24, 2.45) is 5.73 Å². The molecule has 2 N–H and O–H groups in total. The molecule has 1 aromatic carbocycles. The number of thioether (sulfide) groups is 1. The molecular formula is C17H18BrN3O3S2. The van der Waals surface area contributed by atoms with Crippen LogP contribution in [0.4, 0.5) is 5.82 Å². The molecule has 1 unspecified atom stereocenters. The highest BCUT2D eigenvalue weighted by atomic mass is 79.9. The molecule has 0 amide bonds. The van der Waals surface area contributed by atoms with E-state index in [-0.39, 0.29) is 5.75 Å². The van der Waals surface area contributed by atoms with E-state index in [0.29, 0.717) is 23.7 Å². The van der Waals surface area contributed by atoms with Gasteiger partial charge in [-0.1, -0.05) is 30.0 Å². The number of allylic oxidation sites excluding steroid dienone is 1. The number of para-hydroxylation sites is 1. The monoisotopic (exact) mass is 455 g/mol. The van der Waals surface area contributed by atoms with Gasteiger partial charge in [-0.05, 0) is 33.5 Å². The van der Waals surface area contributed by atoms with Crippen molar-refractivity contribution in [3.05, 3.63) is 58.2 Å². The van der Waals surface area contributed by atoms with Gasteiger partial charge in [0, 0.05) is 35.1 Å². The SMILES string of the molecule is CS(=O)(=O)CCC1=CSC(N)N1c1ncc(Br)cc1Oc1ccccc1. The van der Waals surface area contributed by atoms with Gasteiger partial charge in [-0.3, -0.25) is 0 Å². The van der Waals surface area contributed by atoms with Crippen molar-refractivity contribution in [1.82, 2.24) is 4.98 Å². The molecule has 0 bridgehead atoms. The molecule has 1 aliphatic heterocycles. The Morgan fingerprint density at radius 2 is 2.08 bits per heavy atom. The number of anilines is 1. The summed E-state index contributed by atoms with van der Waals surface area (Å²) in [6.07, 6.45) is 3.25. The number of pyridine rings is 1. The van der Waals surface area contributed by atoms with Crippen molar-refractivity contribution in [3.8, 4) is 11.5 Å². The van der Waals surface area contributed by atoms with Crippen LogP contribution in [0.2, 0.25) is 0 Å². The highest BCUT2D eigenvalue weighted by Gasteiger charge is 2.29. The van der Waals surface area contributed by atoms with Crippen LogP contribution in [0, 0.1) is 0 Å². The second-order valence-corrected chi connectivity index (χ2v) is 9.94. The highest BCUT2D eigenvalue weighted by Crippen LogP contribution is 2.40. The molecule has 0 fully saturated rings. The Hall–Kier alpha value is -1.55. The van der Waals surface area contributed by atoms with Gasteiger partial charge in [-0.25, -0.2) is 13.4 Å². The lowest BCUT2D eigenvalue weighted by Gasteiger charge is -2.27. The van der Waals surface area contributed by atoms with E-state index in [0.717, 1.165) is 10.2 Å². The van der Waals surface area contributed by atoms with Crippen molar-refractivity contribution >= 4 is 43.3 Å². The Morgan fingerprint density at radius 3 is 2.77 bits per heavy atom. The van der Waals surface area contributed by atoms with E-state index < -0.39 is 15.3 Å². The quantitative estimate of drug-likeness (QED) is 0.709. The lowest BCUT2D eigenvalue weighted by molar-refractivity contribution is 0.479. The van der Waals surface area contributed by atoms with E-state index in [1.165, 1.54) is 18.0 Å². The first-order valence-electron chi connectivity index (χ1n) is 7.79. The number of ether oxygens (including phenoxy) is 1. The van der Waals surface area contributed by atoms with Gasteiger partial charge in [0.1, 0.15) is 21.1 Å². The molecular weight excluding hydrogens is 438 g/mol.